The third kappa shape index (κ3) is 5.61. The third-order valence-electron chi connectivity index (χ3n) is 6.09. The van der Waals surface area contributed by atoms with Crippen LogP contribution in [0.15, 0.2) is 41.1 Å². The second kappa shape index (κ2) is 10.6. The topological polar surface area (TPSA) is 78.7 Å². The lowest BCUT2D eigenvalue weighted by Crippen LogP contribution is -2.51. The number of primary amides is 1. The van der Waals surface area contributed by atoms with Gasteiger partial charge in [0.25, 0.3) is 0 Å². The molecule has 1 fully saturated rings. The molecule has 0 saturated carbocycles. The maximum Gasteiger partial charge on any atom is 0.317 e. The Labute approximate surface area is 183 Å². The summed E-state index contributed by atoms with van der Waals surface area (Å²) in [5, 5.41) is 6.96. The molecule has 30 heavy (non-hydrogen) atoms. The number of aryl methyl sites for hydroxylation is 1. The number of carbonyl (C=O) groups is 2. The molecular formula is C23H32N4O2S. The molecule has 6 nitrogen and oxygen atoms in total. The highest BCUT2D eigenvalue weighted by Gasteiger charge is 2.29. The van der Waals surface area contributed by atoms with Gasteiger partial charge in [0.2, 0.25) is 5.91 Å². The molecule has 162 valence electrons. The summed E-state index contributed by atoms with van der Waals surface area (Å²) in [5.74, 6) is -0.362. The molecular weight excluding hydrogens is 396 g/mol. The van der Waals surface area contributed by atoms with Crippen molar-refractivity contribution in [2.45, 2.75) is 51.2 Å². The van der Waals surface area contributed by atoms with Crippen molar-refractivity contribution in [3.05, 3.63) is 57.8 Å². The fourth-order valence-corrected chi connectivity index (χ4v) is 4.91. The van der Waals surface area contributed by atoms with Gasteiger partial charge in [-0.15, -0.1) is 0 Å². The molecule has 0 spiro atoms. The fraction of sp³-hybridized carbons (Fsp3) is 0.478. The monoisotopic (exact) mass is 428 g/mol. The van der Waals surface area contributed by atoms with Gasteiger partial charge in [0.05, 0.1) is 0 Å². The molecule has 2 aromatic rings. The van der Waals surface area contributed by atoms with Crippen LogP contribution in [-0.4, -0.2) is 54.0 Å². The van der Waals surface area contributed by atoms with Gasteiger partial charge < -0.3 is 20.9 Å². The van der Waals surface area contributed by atoms with Crippen molar-refractivity contribution in [3.63, 3.8) is 0 Å². The minimum absolute atomic E-state index is 0.00393. The summed E-state index contributed by atoms with van der Waals surface area (Å²) in [6, 6.07) is 10.4. The number of amides is 3. The fourth-order valence-electron chi connectivity index (χ4n) is 4.25. The number of hydrogen-bond donors (Lipinski definition) is 2. The number of carbonyl (C=O) groups excluding carboxylic acids is 2. The number of hydrogen-bond acceptors (Lipinski definition) is 4. The van der Waals surface area contributed by atoms with Gasteiger partial charge >= 0.3 is 6.03 Å². The number of likely N-dealkylation sites (tertiary alicyclic amines) is 1. The van der Waals surface area contributed by atoms with Crippen molar-refractivity contribution in [3.8, 4) is 0 Å². The Balaban J connectivity index is 1.53. The normalized spacial score (nSPS) is 16.2. The smallest absolute Gasteiger partial charge is 0.317 e. The number of thiophene rings is 1. The second-order valence-electron chi connectivity index (χ2n) is 7.99. The van der Waals surface area contributed by atoms with Gasteiger partial charge in [-0.3, -0.25) is 4.79 Å². The number of piperidine rings is 1. The Morgan fingerprint density at radius 2 is 2.00 bits per heavy atom. The van der Waals surface area contributed by atoms with Crippen LogP contribution < -0.4 is 11.1 Å². The van der Waals surface area contributed by atoms with E-state index in [-0.39, 0.29) is 18.0 Å². The van der Waals surface area contributed by atoms with Crippen LogP contribution in [0.4, 0.5) is 4.79 Å². The summed E-state index contributed by atoms with van der Waals surface area (Å²) in [4.78, 5) is 28.6. The van der Waals surface area contributed by atoms with Crippen molar-refractivity contribution in [1.29, 1.82) is 0 Å². The standard InChI is InChI=1S/C23H32N4O2S/c1-17(7-8-19-5-3-4-6-21(19)22(24)28)26-12-9-20(10-13-26)27(23(29)25-2)15-18-11-14-30-16-18/h3-6,11,14,16-17,20H,7-10,12-13,15H2,1-2H3,(H2,24,28)(H,25,29)/t17-/m1/s1. The van der Waals surface area contributed by atoms with Crippen LogP contribution in [0.25, 0.3) is 0 Å². The second-order valence-corrected chi connectivity index (χ2v) is 8.77. The highest BCUT2D eigenvalue weighted by Crippen LogP contribution is 2.23. The van der Waals surface area contributed by atoms with Gasteiger partial charge in [-0.2, -0.15) is 11.3 Å². The zero-order valence-electron chi connectivity index (χ0n) is 17.8. The summed E-state index contributed by atoms with van der Waals surface area (Å²) in [6.45, 7) is 4.85. The quantitative estimate of drug-likeness (QED) is 0.676. The van der Waals surface area contributed by atoms with E-state index >= 15 is 0 Å². The average molecular weight is 429 g/mol. The number of nitrogens with zero attached hydrogens (tertiary/aromatic N) is 2. The molecule has 3 rings (SSSR count). The summed E-state index contributed by atoms with van der Waals surface area (Å²) in [6.07, 6.45) is 3.76. The van der Waals surface area contributed by atoms with Gasteiger partial charge in [0.1, 0.15) is 0 Å². The van der Waals surface area contributed by atoms with E-state index in [9.17, 15) is 9.59 Å². The van der Waals surface area contributed by atoms with E-state index in [1.807, 2.05) is 23.1 Å². The number of urea groups is 1. The number of nitrogens with one attached hydrogen (secondary N) is 1. The van der Waals surface area contributed by atoms with E-state index in [1.165, 1.54) is 5.56 Å². The SMILES string of the molecule is CNC(=O)N(Cc1ccsc1)C1CCN([C@H](C)CCc2ccccc2C(N)=O)CC1. The molecule has 3 amide bonds. The molecule has 2 heterocycles. The number of nitrogens with two attached hydrogens (primary N) is 1. The predicted octanol–water partition coefficient (Wildman–Crippen LogP) is 3.47. The minimum Gasteiger partial charge on any atom is -0.366 e. The first-order chi connectivity index (χ1) is 14.5. The van der Waals surface area contributed by atoms with Crippen LogP contribution in [0.3, 0.4) is 0 Å². The molecule has 1 aromatic heterocycles. The van der Waals surface area contributed by atoms with E-state index in [0.29, 0.717) is 18.2 Å². The lowest BCUT2D eigenvalue weighted by molar-refractivity contribution is 0.0951. The predicted molar refractivity (Wildman–Crippen MR) is 122 cm³/mol. The Morgan fingerprint density at radius 1 is 1.27 bits per heavy atom. The van der Waals surface area contributed by atoms with Gasteiger partial charge in [0, 0.05) is 44.3 Å². The third-order valence-corrected chi connectivity index (χ3v) is 6.82. The highest BCUT2D eigenvalue weighted by atomic mass is 32.1. The number of rotatable bonds is 8. The van der Waals surface area contributed by atoms with E-state index in [2.05, 4.69) is 34.0 Å². The molecule has 1 aliphatic heterocycles. The molecule has 0 bridgehead atoms. The molecule has 0 aliphatic carbocycles. The Morgan fingerprint density at radius 3 is 2.63 bits per heavy atom. The first-order valence-corrected chi connectivity index (χ1v) is 11.5. The van der Waals surface area contributed by atoms with E-state index in [0.717, 1.165) is 44.3 Å². The zero-order chi connectivity index (χ0) is 21.5. The molecule has 7 heteroatoms. The van der Waals surface area contributed by atoms with Gasteiger partial charge in [-0.05, 0) is 66.6 Å². The van der Waals surface area contributed by atoms with Crippen molar-refractivity contribution < 1.29 is 9.59 Å². The zero-order valence-corrected chi connectivity index (χ0v) is 18.7. The van der Waals surface area contributed by atoms with E-state index in [1.54, 1.807) is 24.5 Å². The van der Waals surface area contributed by atoms with Crippen LogP contribution >= 0.6 is 11.3 Å². The molecule has 0 unspecified atom stereocenters. The minimum atomic E-state index is -0.362. The lowest BCUT2D eigenvalue weighted by atomic mass is 9.97. The van der Waals surface area contributed by atoms with Crippen LogP contribution in [-0.2, 0) is 13.0 Å². The van der Waals surface area contributed by atoms with Gasteiger partial charge in [-0.25, -0.2) is 4.79 Å². The lowest BCUT2D eigenvalue weighted by Gasteiger charge is -2.40. The van der Waals surface area contributed by atoms with Crippen LogP contribution in [0.5, 0.6) is 0 Å². The first-order valence-electron chi connectivity index (χ1n) is 10.6. The molecule has 0 radical (unpaired) electrons. The van der Waals surface area contributed by atoms with Gasteiger partial charge in [0.15, 0.2) is 0 Å². The molecule has 1 atom stereocenters. The summed E-state index contributed by atoms with van der Waals surface area (Å²) < 4.78 is 0. The van der Waals surface area contributed by atoms with Crippen LogP contribution in [0.1, 0.15) is 47.7 Å². The highest BCUT2D eigenvalue weighted by molar-refractivity contribution is 7.07. The Bertz CT molecular complexity index is 831. The van der Waals surface area contributed by atoms with Crippen molar-refractivity contribution in [2.24, 2.45) is 5.73 Å². The van der Waals surface area contributed by atoms with Crippen LogP contribution in [0, 0.1) is 0 Å². The summed E-state index contributed by atoms with van der Waals surface area (Å²) >= 11 is 1.66. The Kier molecular flexibility index (Phi) is 7.87. The van der Waals surface area contributed by atoms with E-state index in [4.69, 9.17) is 5.73 Å². The maximum absolute atomic E-state index is 12.5. The number of benzene rings is 1. The van der Waals surface area contributed by atoms with E-state index < -0.39 is 0 Å². The van der Waals surface area contributed by atoms with Crippen molar-refractivity contribution >= 4 is 23.3 Å². The maximum atomic E-state index is 12.5. The molecule has 3 N–H and O–H groups in total. The summed E-state index contributed by atoms with van der Waals surface area (Å²) in [7, 11) is 1.70. The summed E-state index contributed by atoms with van der Waals surface area (Å²) in [5.41, 5.74) is 8.34. The Hall–Kier alpha value is -2.38. The average Bonchev–Trinajstić information content (AvgIpc) is 3.29. The molecule has 1 aromatic carbocycles. The molecule has 1 aliphatic rings. The van der Waals surface area contributed by atoms with Crippen molar-refractivity contribution in [2.75, 3.05) is 20.1 Å². The van der Waals surface area contributed by atoms with Crippen molar-refractivity contribution in [1.82, 2.24) is 15.1 Å². The van der Waals surface area contributed by atoms with Gasteiger partial charge in [-0.1, -0.05) is 18.2 Å². The van der Waals surface area contributed by atoms with Crippen LogP contribution in [0.2, 0.25) is 0 Å². The first kappa shape index (κ1) is 22.3. The molecule has 1 saturated heterocycles. The largest absolute Gasteiger partial charge is 0.366 e.